The lowest BCUT2D eigenvalue weighted by molar-refractivity contribution is 0.0980. The highest BCUT2D eigenvalue weighted by Crippen LogP contribution is 2.33. The molecule has 1 N–H and O–H groups in total. The molecule has 5 nitrogen and oxygen atoms in total. The zero-order chi connectivity index (χ0) is 27.1. The van der Waals surface area contributed by atoms with E-state index in [1.54, 1.807) is 18.2 Å². The molecule has 0 heterocycles. The van der Waals surface area contributed by atoms with Crippen molar-refractivity contribution in [1.29, 1.82) is 0 Å². The van der Waals surface area contributed by atoms with Crippen molar-refractivity contribution in [2.75, 3.05) is 6.61 Å². The van der Waals surface area contributed by atoms with Crippen LogP contribution in [0, 0.1) is 6.92 Å². The van der Waals surface area contributed by atoms with Gasteiger partial charge in [0, 0.05) is 15.6 Å². The molecule has 0 atom stereocenters. The maximum atomic E-state index is 13.3. The molecule has 0 aliphatic rings. The number of carbonyl (C=O) groups is 1. The summed E-state index contributed by atoms with van der Waals surface area (Å²) in [6.07, 6.45) is 2.16. The van der Waals surface area contributed by atoms with Crippen LogP contribution in [0.2, 0.25) is 0 Å². The molecule has 0 aliphatic heterocycles. The first-order chi connectivity index (χ1) is 18.3. The molecule has 38 heavy (non-hydrogen) atoms. The Morgan fingerprint density at radius 1 is 0.895 bits per heavy atom. The number of halogens is 1. The second-order valence-corrected chi connectivity index (χ2v) is 11.7. The van der Waals surface area contributed by atoms with Crippen LogP contribution in [0.4, 0.5) is 0 Å². The van der Waals surface area contributed by atoms with E-state index in [1.165, 1.54) is 12.1 Å². The van der Waals surface area contributed by atoms with Gasteiger partial charge in [-0.1, -0.05) is 76.9 Å². The predicted molar refractivity (Wildman–Crippen MR) is 155 cm³/mol. The van der Waals surface area contributed by atoms with E-state index in [-0.39, 0.29) is 4.90 Å². The Bertz CT molecular complexity index is 1520. The van der Waals surface area contributed by atoms with E-state index in [0.717, 1.165) is 44.5 Å². The highest BCUT2D eigenvalue weighted by molar-refractivity contribution is 9.10. The van der Waals surface area contributed by atoms with Gasteiger partial charge >= 0.3 is 0 Å². The number of amides is 1. The summed E-state index contributed by atoms with van der Waals surface area (Å²) in [6.45, 7) is 4.69. The summed E-state index contributed by atoms with van der Waals surface area (Å²) >= 11 is 3.30. The van der Waals surface area contributed by atoms with Gasteiger partial charge in [0.25, 0.3) is 15.9 Å². The molecule has 0 bridgehead atoms. The summed E-state index contributed by atoms with van der Waals surface area (Å²) in [7, 11) is -4.03. The third kappa shape index (κ3) is 6.91. The molecule has 0 spiro atoms. The van der Waals surface area contributed by atoms with Crippen molar-refractivity contribution in [3.63, 3.8) is 0 Å². The van der Waals surface area contributed by atoms with Crippen molar-refractivity contribution in [2.45, 2.75) is 38.0 Å². The summed E-state index contributed by atoms with van der Waals surface area (Å²) in [4.78, 5) is 13.3. The van der Waals surface area contributed by atoms with Crippen LogP contribution < -0.4 is 9.46 Å². The van der Waals surface area contributed by atoms with Gasteiger partial charge in [0.2, 0.25) is 0 Å². The molecule has 0 aromatic heterocycles. The molecule has 0 saturated heterocycles. The van der Waals surface area contributed by atoms with Crippen LogP contribution in [0.25, 0.3) is 11.1 Å². The fraction of sp³-hybridized carbons (Fsp3) is 0.194. The monoisotopic (exact) mass is 591 g/mol. The number of ether oxygens (including phenoxy) is 1. The van der Waals surface area contributed by atoms with Crippen LogP contribution in [0.5, 0.6) is 5.75 Å². The first-order valence-electron chi connectivity index (χ1n) is 12.5. The average molecular weight is 593 g/mol. The second kappa shape index (κ2) is 12.4. The van der Waals surface area contributed by atoms with Crippen LogP contribution in [0.3, 0.4) is 0 Å². The summed E-state index contributed by atoms with van der Waals surface area (Å²) in [5.74, 6) is 0.121. The normalized spacial score (nSPS) is 11.2. The van der Waals surface area contributed by atoms with Crippen LogP contribution in [-0.4, -0.2) is 20.9 Å². The number of hydrogen-bond donors (Lipinski definition) is 1. The molecule has 0 aliphatic carbocycles. The van der Waals surface area contributed by atoms with E-state index in [2.05, 4.69) is 33.6 Å². The minimum atomic E-state index is -4.03. The van der Waals surface area contributed by atoms with Gasteiger partial charge in [-0.15, -0.1) is 0 Å². The quantitative estimate of drug-likeness (QED) is 0.213. The van der Waals surface area contributed by atoms with Crippen LogP contribution in [-0.2, 0) is 22.9 Å². The van der Waals surface area contributed by atoms with Crippen LogP contribution >= 0.6 is 15.9 Å². The SMILES string of the molecule is CCCOc1ccc(C)cc1-c1ccc(C(=O)NS(=O)(=O)c2ccc(Br)cc2)c(CCc2ccccc2)c1. The van der Waals surface area contributed by atoms with Crippen molar-refractivity contribution >= 4 is 31.9 Å². The van der Waals surface area contributed by atoms with Gasteiger partial charge in [-0.25, -0.2) is 13.1 Å². The van der Waals surface area contributed by atoms with E-state index in [9.17, 15) is 13.2 Å². The Balaban J connectivity index is 1.71. The molecule has 0 saturated carbocycles. The van der Waals surface area contributed by atoms with Crippen molar-refractivity contribution < 1.29 is 17.9 Å². The van der Waals surface area contributed by atoms with Crippen molar-refractivity contribution in [2.24, 2.45) is 0 Å². The van der Waals surface area contributed by atoms with E-state index < -0.39 is 15.9 Å². The summed E-state index contributed by atoms with van der Waals surface area (Å²) in [5, 5.41) is 0. The summed E-state index contributed by atoms with van der Waals surface area (Å²) in [5.41, 5.74) is 5.17. The molecule has 4 aromatic rings. The largest absolute Gasteiger partial charge is 0.493 e. The van der Waals surface area contributed by atoms with Gasteiger partial charge in [-0.2, -0.15) is 0 Å². The number of nitrogens with one attached hydrogen (secondary N) is 1. The smallest absolute Gasteiger partial charge is 0.265 e. The lowest BCUT2D eigenvalue weighted by Crippen LogP contribution is -2.31. The Morgan fingerprint density at radius 2 is 1.63 bits per heavy atom. The molecule has 1 amide bonds. The molecule has 196 valence electrons. The first kappa shape index (κ1) is 27.6. The number of rotatable bonds is 10. The highest BCUT2D eigenvalue weighted by Gasteiger charge is 2.21. The second-order valence-electron chi connectivity index (χ2n) is 9.09. The van der Waals surface area contributed by atoms with E-state index in [4.69, 9.17) is 4.74 Å². The van der Waals surface area contributed by atoms with E-state index >= 15 is 0 Å². The zero-order valence-corrected chi connectivity index (χ0v) is 23.8. The van der Waals surface area contributed by atoms with Gasteiger partial charge < -0.3 is 4.74 Å². The van der Waals surface area contributed by atoms with Crippen LogP contribution in [0.15, 0.2) is 100 Å². The standard InChI is InChI=1S/C31H30BrNO4S/c1-3-19-37-30-18-9-22(2)20-29(30)25-12-17-28(24(21-25)11-10-23-7-5-4-6-8-23)31(34)33-38(35,36)27-15-13-26(32)14-16-27/h4-9,12-18,20-21H,3,10-11,19H2,1-2H3,(H,33,34). The number of carbonyl (C=O) groups excluding carboxylic acids is 1. The van der Waals surface area contributed by atoms with Crippen molar-refractivity contribution in [3.8, 4) is 16.9 Å². The van der Waals surface area contributed by atoms with E-state index in [1.807, 2.05) is 61.5 Å². The number of sulfonamides is 1. The maximum Gasteiger partial charge on any atom is 0.265 e. The minimum Gasteiger partial charge on any atom is -0.493 e. The van der Waals surface area contributed by atoms with Gasteiger partial charge in [0.05, 0.1) is 11.5 Å². The summed E-state index contributed by atoms with van der Waals surface area (Å²) < 4.78 is 34.9. The van der Waals surface area contributed by atoms with Gasteiger partial charge in [-0.3, -0.25) is 4.79 Å². The molecule has 0 radical (unpaired) electrons. The highest BCUT2D eigenvalue weighted by atomic mass is 79.9. The Hall–Kier alpha value is -3.42. The fourth-order valence-corrected chi connectivity index (χ4v) is 5.40. The lowest BCUT2D eigenvalue weighted by atomic mass is 9.94. The van der Waals surface area contributed by atoms with Crippen molar-refractivity contribution in [1.82, 2.24) is 4.72 Å². The van der Waals surface area contributed by atoms with E-state index in [0.29, 0.717) is 25.0 Å². The van der Waals surface area contributed by atoms with Gasteiger partial charge in [0.15, 0.2) is 0 Å². The third-order valence-corrected chi connectivity index (χ3v) is 8.01. The molecular formula is C31H30BrNO4S. The third-order valence-electron chi connectivity index (χ3n) is 6.13. The Labute approximate surface area is 233 Å². The minimum absolute atomic E-state index is 0.0222. The van der Waals surface area contributed by atoms with Crippen LogP contribution in [0.1, 0.15) is 40.4 Å². The summed E-state index contributed by atoms with van der Waals surface area (Å²) in [6, 6.07) is 27.7. The lowest BCUT2D eigenvalue weighted by Gasteiger charge is -2.16. The first-order valence-corrected chi connectivity index (χ1v) is 14.8. The fourth-order valence-electron chi connectivity index (χ4n) is 4.17. The molecule has 0 fully saturated rings. The molecule has 7 heteroatoms. The van der Waals surface area contributed by atoms with Crippen molar-refractivity contribution in [3.05, 3.63) is 118 Å². The Morgan fingerprint density at radius 3 is 2.34 bits per heavy atom. The zero-order valence-electron chi connectivity index (χ0n) is 21.4. The number of hydrogen-bond acceptors (Lipinski definition) is 4. The molecule has 4 rings (SSSR count). The topological polar surface area (TPSA) is 72.5 Å². The molecular weight excluding hydrogens is 562 g/mol. The molecule has 0 unspecified atom stereocenters. The van der Waals surface area contributed by atoms with Gasteiger partial charge in [0.1, 0.15) is 5.75 Å². The van der Waals surface area contributed by atoms with Gasteiger partial charge in [-0.05, 0) is 85.3 Å². The maximum absolute atomic E-state index is 13.3. The average Bonchev–Trinajstić information content (AvgIpc) is 2.91. The number of benzene rings is 4. The number of aryl methyl sites for hydroxylation is 3. The predicted octanol–water partition coefficient (Wildman–Crippen LogP) is 7.12. The molecule has 4 aromatic carbocycles. The Kier molecular flexibility index (Phi) is 9.02.